The van der Waals surface area contributed by atoms with Crippen LogP contribution in [0.1, 0.15) is 60.0 Å². The van der Waals surface area contributed by atoms with Crippen LogP contribution in [0.2, 0.25) is 0 Å². The molecule has 146 valence electrons. The second-order valence-corrected chi connectivity index (χ2v) is 8.00. The molecule has 1 atom stereocenters. The van der Waals surface area contributed by atoms with Crippen molar-refractivity contribution in [2.75, 3.05) is 5.73 Å². The van der Waals surface area contributed by atoms with E-state index in [9.17, 15) is 9.59 Å². The van der Waals surface area contributed by atoms with Crippen LogP contribution in [0, 0.1) is 5.92 Å². The third-order valence-electron chi connectivity index (χ3n) is 5.46. The summed E-state index contributed by atoms with van der Waals surface area (Å²) in [6, 6.07) is 5.91. The van der Waals surface area contributed by atoms with Crippen molar-refractivity contribution in [3.63, 3.8) is 0 Å². The van der Waals surface area contributed by atoms with E-state index >= 15 is 0 Å². The Bertz CT molecular complexity index is 952. The lowest BCUT2D eigenvalue weighted by Crippen LogP contribution is -2.34. The number of hydrogen-bond donors (Lipinski definition) is 2. The molecule has 2 amide bonds. The molecule has 28 heavy (non-hydrogen) atoms. The van der Waals surface area contributed by atoms with Crippen LogP contribution < -0.4 is 11.1 Å². The highest BCUT2D eigenvalue weighted by atomic mass is 16.2. The molecule has 0 saturated heterocycles. The Morgan fingerprint density at radius 1 is 1.29 bits per heavy atom. The highest BCUT2D eigenvalue weighted by molar-refractivity contribution is 5.99. The van der Waals surface area contributed by atoms with Crippen molar-refractivity contribution >= 4 is 17.6 Å². The summed E-state index contributed by atoms with van der Waals surface area (Å²) in [5, 5.41) is 2.79. The maximum absolute atomic E-state index is 12.7. The molecule has 1 saturated carbocycles. The van der Waals surface area contributed by atoms with Crippen LogP contribution in [0.5, 0.6) is 0 Å². The molecule has 2 aliphatic rings. The molecule has 3 N–H and O–H groups in total. The van der Waals surface area contributed by atoms with E-state index in [0.29, 0.717) is 18.2 Å². The van der Waals surface area contributed by atoms with Crippen LogP contribution in [-0.4, -0.2) is 38.8 Å². The molecule has 1 aromatic heterocycles. The van der Waals surface area contributed by atoms with Gasteiger partial charge in [-0.05, 0) is 57.2 Å². The SMILES string of the molecule is CC(C)NC(=O)c1nc(-c2ccc3c(c2)CN([C@@H](C)C2CC2)C3=O)cnc1N. The molecule has 1 aromatic carbocycles. The summed E-state index contributed by atoms with van der Waals surface area (Å²) < 4.78 is 0. The number of nitrogens with two attached hydrogens (primary N) is 1. The van der Waals surface area contributed by atoms with Gasteiger partial charge in [-0.25, -0.2) is 9.97 Å². The van der Waals surface area contributed by atoms with Crippen molar-refractivity contribution in [2.45, 2.75) is 52.2 Å². The maximum atomic E-state index is 12.7. The highest BCUT2D eigenvalue weighted by Crippen LogP contribution is 2.38. The van der Waals surface area contributed by atoms with Crippen LogP contribution in [0.15, 0.2) is 24.4 Å². The van der Waals surface area contributed by atoms with Crippen LogP contribution in [0.4, 0.5) is 5.82 Å². The fourth-order valence-electron chi connectivity index (χ4n) is 3.70. The van der Waals surface area contributed by atoms with Crippen molar-refractivity contribution in [3.8, 4) is 11.3 Å². The average Bonchev–Trinajstić information content (AvgIpc) is 3.45. The van der Waals surface area contributed by atoms with Gasteiger partial charge in [0, 0.05) is 29.8 Å². The van der Waals surface area contributed by atoms with Crippen molar-refractivity contribution in [1.82, 2.24) is 20.2 Å². The Kier molecular flexibility index (Phi) is 4.53. The van der Waals surface area contributed by atoms with Crippen LogP contribution in [0.3, 0.4) is 0 Å². The van der Waals surface area contributed by atoms with E-state index in [2.05, 4.69) is 22.2 Å². The number of hydrogen-bond acceptors (Lipinski definition) is 5. The Morgan fingerprint density at radius 2 is 2.04 bits per heavy atom. The van der Waals surface area contributed by atoms with Crippen molar-refractivity contribution in [3.05, 3.63) is 41.2 Å². The van der Waals surface area contributed by atoms with E-state index in [1.54, 1.807) is 6.20 Å². The molecule has 0 spiro atoms. The van der Waals surface area contributed by atoms with Gasteiger partial charge in [0.1, 0.15) is 0 Å². The number of amides is 2. The summed E-state index contributed by atoms with van der Waals surface area (Å²) in [5.41, 5.74) is 9.09. The lowest BCUT2D eigenvalue weighted by molar-refractivity contribution is 0.0697. The first-order valence-electron chi connectivity index (χ1n) is 9.72. The molecule has 1 aliphatic carbocycles. The molecule has 0 unspecified atom stereocenters. The highest BCUT2D eigenvalue weighted by Gasteiger charge is 2.38. The van der Waals surface area contributed by atoms with Gasteiger partial charge in [-0.15, -0.1) is 0 Å². The first-order valence-corrected chi connectivity index (χ1v) is 9.72. The Hall–Kier alpha value is -2.96. The zero-order valence-electron chi connectivity index (χ0n) is 16.4. The van der Waals surface area contributed by atoms with Crippen molar-refractivity contribution in [1.29, 1.82) is 0 Å². The topological polar surface area (TPSA) is 101 Å². The Morgan fingerprint density at radius 3 is 2.71 bits per heavy atom. The van der Waals surface area contributed by atoms with Crippen molar-refractivity contribution < 1.29 is 9.59 Å². The zero-order valence-corrected chi connectivity index (χ0v) is 16.4. The maximum Gasteiger partial charge on any atom is 0.273 e. The van der Waals surface area contributed by atoms with Gasteiger partial charge in [0.2, 0.25) is 0 Å². The van der Waals surface area contributed by atoms with Crippen LogP contribution in [-0.2, 0) is 6.54 Å². The largest absolute Gasteiger partial charge is 0.382 e. The summed E-state index contributed by atoms with van der Waals surface area (Å²) in [4.78, 5) is 35.6. The number of nitrogen functional groups attached to an aromatic ring is 1. The monoisotopic (exact) mass is 379 g/mol. The molecule has 7 nitrogen and oxygen atoms in total. The van der Waals surface area contributed by atoms with E-state index in [0.717, 1.165) is 16.7 Å². The number of fused-ring (bicyclic) bond motifs is 1. The molecular weight excluding hydrogens is 354 g/mol. The molecule has 1 aliphatic heterocycles. The predicted molar refractivity (Wildman–Crippen MR) is 107 cm³/mol. The van der Waals surface area contributed by atoms with Gasteiger partial charge < -0.3 is 16.0 Å². The van der Waals surface area contributed by atoms with Crippen LogP contribution >= 0.6 is 0 Å². The van der Waals surface area contributed by atoms with Gasteiger partial charge in [0.25, 0.3) is 11.8 Å². The number of rotatable bonds is 5. The lowest BCUT2D eigenvalue weighted by Gasteiger charge is -2.23. The number of carbonyl (C=O) groups is 2. The molecule has 4 rings (SSSR count). The fraction of sp³-hybridized carbons (Fsp3) is 0.429. The van der Waals surface area contributed by atoms with Gasteiger partial charge in [0.15, 0.2) is 11.5 Å². The summed E-state index contributed by atoms with van der Waals surface area (Å²) >= 11 is 0. The second-order valence-electron chi connectivity index (χ2n) is 8.00. The van der Waals surface area contributed by atoms with Gasteiger partial charge >= 0.3 is 0 Å². The average molecular weight is 379 g/mol. The number of benzene rings is 1. The van der Waals surface area contributed by atoms with Crippen molar-refractivity contribution in [2.24, 2.45) is 5.92 Å². The first-order chi connectivity index (χ1) is 13.3. The predicted octanol–water partition coefficient (Wildman–Crippen LogP) is 2.62. The normalized spacial score (nSPS) is 17.0. The smallest absolute Gasteiger partial charge is 0.273 e. The minimum Gasteiger partial charge on any atom is -0.382 e. The number of nitrogens with one attached hydrogen (secondary N) is 1. The first kappa shape index (κ1) is 18.4. The minimum absolute atomic E-state index is 0.0252. The Balaban J connectivity index is 1.63. The van der Waals surface area contributed by atoms with E-state index in [1.165, 1.54) is 12.8 Å². The number of anilines is 1. The Labute approximate surface area is 164 Å². The van der Waals surface area contributed by atoms with E-state index in [-0.39, 0.29) is 35.4 Å². The van der Waals surface area contributed by atoms with Gasteiger partial charge in [-0.2, -0.15) is 0 Å². The number of aromatic nitrogens is 2. The van der Waals surface area contributed by atoms with Gasteiger partial charge in [-0.3, -0.25) is 9.59 Å². The summed E-state index contributed by atoms with van der Waals surface area (Å²) in [6.07, 6.45) is 3.97. The second kappa shape index (κ2) is 6.89. The minimum atomic E-state index is -0.345. The molecule has 2 aromatic rings. The fourth-order valence-corrected chi connectivity index (χ4v) is 3.70. The molecule has 0 radical (unpaired) electrons. The number of carbonyl (C=O) groups excluding carboxylic acids is 2. The third kappa shape index (κ3) is 3.32. The molecule has 2 heterocycles. The summed E-state index contributed by atoms with van der Waals surface area (Å²) in [6.45, 7) is 6.49. The van der Waals surface area contributed by atoms with Crippen LogP contribution in [0.25, 0.3) is 11.3 Å². The third-order valence-corrected chi connectivity index (χ3v) is 5.46. The lowest BCUT2D eigenvalue weighted by atomic mass is 10.0. The summed E-state index contributed by atoms with van der Waals surface area (Å²) in [7, 11) is 0. The quantitative estimate of drug-likeness (QED) is 0.832. The van der Waals surface area contributed by atoms with E-state index in [4.69, 9.17) is 5.73 Å². The molecule has 0 bridgehead atoms. The van der Waals surface area contributed by atoms with E-state index < -0.39 is 0 Å². The standard InChI is InChI=1S/C21H25N5O2/c1-11(2)24-20(27)18-19(22)23-9-17(25-18)14-6-7-16-15(8-14)10-26(21(16)28)12(3)13-4-5-13/h6-9,11-13H,4-5,10H2,1-3H3,(H2,22,23)(H,24,27)/t12-/m0/s1. The van der Waals surface area contributed by atoms with E-state index in [1.807, 2.05) is 36.9 Å². The number of nitrogens with zero attached hydrogens (tertiary/aromatic N) is 3. The molecule has 7 heteroatoms. The summed E-state index contributed by atoms with van der Waals surface area (Å²) in [5.74, 6) is 0.481. The zero-order chi connectivity index (χ0) is 20.0. The molecule has 1 fully saturated rings. The van der Waals surface area contributed by atoms with Gasteiger partial charge in [-0.1, -0.05) is 6.07 Å². The molecular formula is C21H25N5O2. The van der Waals surface area contributed by atoms with Gasteiger partial charge in [0.05, 0.1) is 11.9 Å².